The maximum absolute atomic E-state index is 9.20. The van der Waals surface area contributed by atoms with Crippen LogP contribution in [0, 0.1) is 0 Å². The maximum Gasteiger partial charge on any atom is 0.0636 e. The number of nitrogens with one attached hydrogen (secondary N) is 1. The Morgan fingerprint density at radius 1 is 1.33 bits per heavy atom. The number of aliphatic hydroxyl groups is 1. The molecule has 2 nitrogen and oxygen atoms in total. The lowest BCUT2D eigenvalue weighted by Crippen LogP contribution is -2.28. The highest BCUT2D eigenvalue weighted by atomic mass is 35.5. The van der Waals surface area contributed by atoms with Crippen molar-refractivity contribution in [2.45, 2.75) is 32.4 Å². The van der Waals surface area contributed by atoms with Crippen molar-refractivity contribution in [1.29, 1.82) is 0 Å². The molecule has 1 aromatic carbocycles. The number of rotatable bonds is 5. The van der Waals surface area contributed by atoms with Gasteiger partial charge in [-0.2, -0.15) is 0 Å². The van der Waals surface area contributed by atoms with E-state index < -0.39 is 0 Å². The molecule has 0 saturated carbocycles. The third-order valence-electron chi connectivity index (χ3n) is 2.34. The van der Waals surface area contributed by atoms with E-state index in [9.17, 15) is 5.11 Å². The van der Waals surface area contributed by atoms with Crippen LogP contribution in [-0.2, 0) is 0 Å². The molecule has 1 unspecified atom stereocenters. The zero-order valence-electron chi connectivity index (χ0n) is 9.20. The number of aliphatic hydroxyl groups excluding tert-OH is 1. The van der Waals surface area contributed by atoms with Crippen molar-refractivity contribution in [3.63, 3.8) is 0 Å². The predicted octanol–water partition coefficient (Wildman–Crippen LogP) is 2.76. The fourth-order valence-corrected chi connectivity index (χ4v) is 1.63. The minimum absolute atomic E-state index is 0.289. The van der Waals surface area contributed by atoms with Gasteiger partial charge in [0.25, 0.3) is 0 Å². The van der Waals surface area contributed by atoms with Crippen molar-refractivity contribution in [3.8, 4) is 0 Å². The first-order chi connectivity index (χ1) is 7.13. The molecule has 0 fully saturated rings. The third-order valence-corrected chi connectivity index (χ3v) is 2.59. The zero-order valence-corrected chi connectivity index (χ0v) is 9.96. The molecule has 0 bridgehead atoms. The lowest BCUT2D eigenvalue weighted by Gasteiger charge is -2.18. The molecular formula is C12H18ClNO. The molecule has 0 heterocycles. The monoisotopic (exact) mass is 227 g/mol. The Morgan fingerprint density at radius 3 is 2.40 bits per heavy atom. The molecule has 1 aromatic rings. The van der Waals surface area contributed by atoms with E-state index in [0.717, 1.165) is 11.4 Å². The molecule has 1 rings (SSSR count). The normalized spacial score (nSPS) is 14.9. The van der Waals surface area contributed by atoms with Crippen LogP contribution in [0.2, 0.25) is 5.02 Å². The molecule has 0 aliphatic heterocycles. The SMILES string of the molecule is CCC(NC[C@@H](C)O)c1ccc(Cl)cc1. The topological polar surface area (TPSA) is 32.3 Å². The average molecular weight is 228 g/mol. The number of hydrogen-bond acceptors (Lipinski definition) is 2. The maximum atomic E-state index is 9.20. The Bertz CT molecular complexity index is 284. The van der Waals surface area contributed by atoms with Crippen molar-refractivity contribution >= 4 is 11.6 Å². The first kappa shape index (κ1) is 12.5. The van der Waals surface area contributed by atoms with E-state index in [1.54, 1.807) is 6.92 Å². The summed E-state index contributed by atoms with van der Waals surface area (Å²) < 4.78 is 0. The quantitative estimate of drug-likeness (QED) is 0.811. The molecule has 0 radical (unpaired) electrons. The lowest BCUT2D eigenvalue weighted by molar-refractivity contribution is 0.185. The van der Waals surface area contributed by atoms with Gasteiger partial charge in [0.1, 0.15) is 0 Å². The first-order valence-electron chi connectivity index (χ1n) is 5.30. The number of benzene rings is 1. The highest BCUT2D eigenvalue weighted by Gasteiger charge is 2.08. The van der Waals surface area contributed by atoms with Crippen LogP contribution in [-0.4, -0.2) is 17.8 Å². The Labute approximate surface area is 96.3 Å². The molecule has 0 aromatic heterocycles. The fraction of sp³-hybridized carbons (Fsp3) is 0.500. The van der Waals surface area contributed by atoms with Crippen LogP contribution in [0.25, 0.3) is 0 Å². The predicted molar refractivity (Wildman–Crippen MR) is 64.2 cm³/mol. The molecule has 0 saturated heterocycles. The summed E-state index contributed by atoms with van der Waals surface area (Å²) in [7, 11) is 0. The minimum atomic E-state index is -0.314. The van der Waals surface area contributed by atoms with Crippen LogP contribution in [0.4, 0.5) is 0 Å². The fourth-order valence-electron chi connectivity index (χ4n) is 1.51. The van der Waals surface area contributed by atoms with Crippen LogP contribution >= 0.6 is 11.6 Å². The summed E-state index contributed by atoms with van der Waals surface area (Å²) in [6, 6.07) is 8.11. The molecule has 2 atom stereocenters. The van der Waals surface area contributed by atoms with Crippen molar-refractivity contribution < 1.29 is 5.11 Å². The Balaban J connectivity index is 2.61. The third kappa shape index (κ3) is 4.20. The van der Waals surface area contributed by atoms with Crippen molar-refractivity contribution in [3.05, 3.63) is 34.9 Å². The van der Waals surface area contributed by atoms with Crippen molar-refractivity contribution in [1.82, 2.24) is 5.32 Å². The Morgan fingerprint density at radius 2 is 1.93 bits per heavy atom. The van der Waals surface area contributed by atoms with Gasteiger partial charge in [0, 0.05) is 17.6 Å². The van der Waals surface area contributed by atoms with E-state index in [2.05, 4.69) is 12.2 Å². The largest absolute Gasteiger partial charge is 0.392 e. The lowest BCUT2D eigenvalue weighted by atomic mass is 10.0. The van der Waals surface area contributed by atoms with E-state index in [4.69, 9.17) is 11.6 Å². The second kappa shape index (κ2) is 6.11. The minimum Gasteiger partial charge on any atom is -0.392 e. The van der Waals surface area contributed by atoms with Gasteiger partial charge < -0.3 is 10.4 Å². The zero-order chi connectivity index (χ0) is 11.3. The highest BCUT2D eigenvalue weighted by Crippen LogP contribution is 2.18. The summed E-state index contributed by atoms with van der Waals surface area (Å²) in [4.78, 5) is 0. The molecule has 0 amide bonds. The van der Waals surface area contributed by atoms with Crippen LogP contribution in [0.5, 0.6) is 0 Å². The van der Waals surface area contributed by atoms with Gasteiger partial charge in [-0.15, -0.1) is 0 Å². The van der Waals surface area contributed by atoms with E-state index in [1.165, 1.54) is 5.56 Å². The van der Waals surface area contributed by atoms with Gasteiger partial charge in [-0.3, -0.25) is 0 Å². The molecule has 3 heteroatoms. The summed E-state index contributed by atoms with van der Waals surface area (Å²) in [6.07, 6.45) is 0.681. The average Bonchev–Trinajstić information content (AvgIpc) is 2.21. The summed E-state index contributed by atoms with van der Waals surface area (Å²) in [5.41, 5.74) is 1.21. The summed E-state index contributed by atoms with van der Waals surface area (Å²) in [5.74, 6) is 0. The van der Waals surface area contributed by atoms with Crippen LogP contribution < -0.4 is 5.32 Å². The smallest absolute Gasteiger partial charge is 0.0636 e. The molecule has 0 aliphatic carbocycles. The number of halogens is 1. The van der Waals surface area contributed by atoms with Gasteiger partial charge in [-0.1, -0.05) is 30.7 Å². The molecule has 84 valence electrons. The molecule has 15 heavy (non-hydrogen) atoms. The van der Waals surface area contributed by atoms with Gasteiger partial charge in [0.05, 0.1) is 6.10 Å². The van der Waals surface area contributed by atoms with Crippen LogP contribution in [0.1, 0.15) is 31.9 Å². The highest BCUT2D eigenvalue weighted by molar-refractivity contribution is 6.30. The Kier molecular flexibility index (Phi) is 5.09. The van der Waals surface area contributed by atoms with Gasteiger partial charge in [0.15, 0.2) is 0 Å². The van der Waals surface area contributed by atoms with E-state index in [-0.39, 0.29) is 12.1 Å². The molecule has 2 N–H and O–H groups in total. The summed E-state index contributed by atoms with van der Waals surface area (Å²) >= 11 is 5.83. The summed E-state index contributed by atoms with van der Waals surface area (Å²) in [6.45, 7) is 4.51. The Hall–Kier alpha value is -0.570. The van der Waals surface area contributed by atoms with Gasteiger partial charge in [0.2, 0.25) is 0 Å². The molecule has 0 aliphatic rings. The van der Waals surface area contributed by atoms with Crippen LogP contribution in [0.15, 0.2) is 24.3 Å². The van der Waals surface area contributed by atoms with Gasteiger partial charge >= 0.3 is 0 Å². The van der Waals surface area contributed by atoms with Crippen molar-refractivity contribution in [2.75, 3.05) is 6.54 Å². The van der Waals surface area contributed by atoms with Crippen LogP contribution in [0.3, 0.4) is 0 Å². The summed E-state index contributed by atoms with van der Waals surface area (Å²) in [5, 5.41) is 13.3. The van der Waals surface area contributed by atoms with E-state index >= 15 is 0 Å². The van der Waals surface area contributed by atoms with Gasteiger partial charge in [-0.05, 0) is 31.0 Å². The van der Waals surface area contributed by atoms with E-state index in [0.29, 0.717) is 6.54 Å². The number of hydrogen-bond donors (Lipinski definition) is 2. The second-order valence-electron chi connectivity index (χ2n) is 3.77. The van der Waals surface area contributed by atoms with Crippen molar-refractivity contribution in [2.24, 2.45) is 0 Å². The molecule has 0 spiro atoms. The molecular weight excluding hydrogens is 210 g/mol. The standard InChI is InChI=1S/C12H18ClNO/c1-3-12(14-8-9(2)15)10-4-6-11(13)7-5-10/h4-7,9,12,14-15H,3,8H2,1-2H3/t9-,12?/m1/s1. The second-order valence-corrected chi connectivity index (χ2v) is 4.21. The van der Waals surface area contributed by atoms with Gasteiger partial charge in [-0.25, -0.2) is 0 Å². The first-order valence-corrected chi connectivity index (χ1v) is 5.68. The van der Waals surface area contributed by atoms with E-state index in [1.807, 2.05) is 24.3 Å².